The van der Waals surface area contributed by atoms with Crippen molar-refractivity contribution in [3.8, 4) is 0 Å². The van der Waals surface area contributed by atoms with Crippen molar-refractivity contribution >= 4 is 76.8 Å². The molecule has 0 heterocycles. The maximum Gasteiger partial charge on any atom is 0.417 e. The quantitative estimate of drug-likeness (QED) is 0.472. The van der Waals surface area contributed by atoms with Crippen LogP contribution in [0.25, 0.3) is 0 Å². The van der Waals surface area contributed by atoms with Gasteiger partial charge < -0.3 is 5.32 Å². The molecule has 0 unspecified atom stereocenters. The molecular weight excluding hydrogens is 506 g/mol. The van der Waals surface area contributed by atoms with Crippen LogP contribution in [0, 0.1) is 0 Å². The molecule has 1 aromatic carbocycles. The number of halogens is 7. The van der Waals surface area contributed by atoms with Crippen LogP contribution in [0.4, 0.5) is 18.9 Å². The van der Waals surface area contributed by atoms with E-state index >= 15 is 0 Å². The van der Waals surface area contributed by atoms with E-state index in [1.807, 2.05) is 5.32 Å². The van der Waals surface area contributed by atoms with Crippen LogP contribution in [-0.4, -0.2) is 23.7 Å². The van der Waals surface area contributed by atoms with E-state index in [-0.39, 0.29) is 4.47 Å². The Bertz CT molecular complexity index is 725. The van der Waals surface area contributed by atoms with Crippen molar-refractivity contribution in [2.45, 2.75) is 15.9 Å². The minimum absolute atomic E-state index is 0.304. The van der Waals surface area contributed by atoms with Gasteiger partial charge >= 0.3 is 6.18 Å². The van der Waals surface area contributed by atoms with Gasteiger partial charge in [-0.05, 0) is 37.9 Å². The zero-order valence-corrected chi connectivity index (χ0v) is 15.4. The van der Waals surface area contributed by atoms with Gasteiger partial charge in [0.25, 0.3) is 16.0 Å². The van der Waals surface area contributed by atoms with Crippen molar-refractivity contribution in [2.24, 2.45) is 0 Å². The normalized spacial score (nSPS) is 12.6. The smallest absolute Gasteiger partial charge is 0.322 e. The first-order chi connectivity index (χ1) is 9.76. The molecule has 0 aliphatic carbocycles. The Morgan fingerprint density at radius 3 is 2.18 bits per heavy atom. The summed E-state index contributed by atoms with van der Waals surface area (Å²) in [5.74, 6) is -1.01. The molecule has 1 amide bonds. The van der Waals surface area contributed by atoms with Crippen LogP contribution in [0.1, 0.15) is 5.56 Å². The molecule has 0 aliphatic rings. The highest BCUT2D eigenvalue weighted by molar-refractivity contribution is 9.11. The molecule has 0 saturated heterocycles. The van der Waals surface area contributed by atoms with Crippen molar-refractivity contribution in [3.05, 3.63) is 20.6 Å². The number of alkyl halides is 5. The molecule has 2 N–H and O–H groups in total. The predicted molar refractivity (Wildman–Crippen MR) is 80.8 cm³/mol. The fourth-order valence-electron chi connectivity index (χ4n) is 1.36. The zero-order valence-electron chi connectivity index (χ0n) is 9.88. The first kappa shape index (κ1) is 20.0. The number of anilines is 1. The van der Waals surface area contributed by atoms with E-state index in [4.69, 9.17) is 27.8 Å². The Labute approximate surface area is 149 Å². The molecule has 0 radical (unpaired) electrons. The summed E-state index contributed by atoms with van der Waals surface area (Å²) in [5.41, 5.74) is -2.02. The van der Waals surface area contributed by atoms with E-state index in [0.717, 1.165) is 0 Å². The molecule has 22 heavy (non-hydrogen) atoms. The molecule has 0 aliphatic heterocycles. The topological polar surface area (TPSA) is 83.5 Å². The minimum Gasteiger partial charge on any atom is -0.322 e. The highest BCUT2D eigenvalue weighted by Crippen LogP contribution is 2.44. The number of amides is 1. The molecule has 124 valence electrons. The van der Waals surface area contributed by atoms with Gasteiger partial charge in [0, 0.05) is 4.47 Å². The summed E-state index contributed by atoms with van der Waals surface area (Å²) in [5, 5.41) is 2.03. The fourth-order valence-corrected chi connectivity index (χ4v) is 4.18. The van der Waals surface area contributed by atoms with Crippen molar-refractivity contribution in [2.75, 3.05) is 5.32 Å². The molecule has 0 fully saturated rings. The Morgan fingerprint density at radius 2 is 1.82 bits per heavy atom. The second-order valence-electron chi connectivity index (χ2n) is 3.69. The molecule has 5 nitrogen and oxygen atoms in total. The number of carbonyl (C=O) groups excluding carboxylic acids is 1. The third-order valence-electron chi connectivity index (χ3n) is 2.18. The number of rotatable bonds is 3. The van der Waals surface area contributed by atoms with Gasteiger partial charge in [-0.15, -0.1) is 0 Å². The lowest BCUT2D eigenvalue weighted by Crippen LogP contribution is -2.21. The predicted octanol–water partition coefficient (Wildman–Crippen LogP) is 4.22. The maximum atomic E-state index is 12.9. The van der Waals surface area contributed by atoms with Crippen LogP contribution < -0.4 is 5.32 Å². The van der Waals surface area contributed by atoms with E-state index < -0.39 is 47.7 Å². The molecule has 1 aromatic rings. The summed E-state index contributed by atoms with van der Waals surface area (Å²) >= 11 is 16.0. The van der Waals surface area contributed by atoms with Crippen molar-refractivity contribution < 1.29 is 30.9 Å². The molecule has 0 saturated carbocycles. The Balaban J connectivity index is 3.69. The Kier molecular flexibility index (Phi) is 6.19. The van der Waals surface area contributed by atoms with Crippen LogP contribution in [0.15, 0.2) is 19.9 Å². The third kappa shape index (κ3) is 4.48. The van der Waals surface area contributed by atoms with E-state index in [2.05, 4.69) is 31.9 Å². The average Bonchev–Trinajstić information content (AvgIpc) is 2.30. The first-order valence-corrected chi connectivity index (χ1v) is 8.82. The van der Waals surface area contributed by atoms with Crippen LogP contribution >= 0.6 is 55.1 Å². The van der Waals surface area contributed by atoms with Gasteiger partial charge in [-0.2, -0.15) is 21.6 Å². The molecule has 0 aromatic heterocycles. The van der Waals surface area contributed by atoms with Crippen LogP contribution in [-0.2, 0) is 21.1 Å². The van der Waals surface area contributed by atoms with Gasteiger partial charge in [-0.3, -0.25) is 9.35 Å². The van der Waals surface area contributed by atoms with Crippen molar-refractivity contribution in [3.63, 3.8) is 0 Å². The first-order valence-electron chi connectivity index (χ1n) is 4.92. The summed E-state index contributed by atoms with van der Waals surface area (Å²) in [4.78, 5) is 8.42. The fraction of sp³-hybridized carbons (Fsp3) is 0.222. The maximum absolute atomic E-state index is 12.9. The van der Waals surface area contributed by atoms with Gasteiger partial charge in [-0.25, -0.2) is 0 Å². The second kappa shape index (κ2) is 6.81. The lowest BCUT2D eigenvalue weighted by molar-refractivity contribution is -0.140. The zero-order chi connectivity index (χ0) is 17.5. The molecule has 13 heteroatoms. The van der Waals surface area contributed by atoms with Crippen molar-refractivity contribution in [1.29, 1.82) is 0 Å². The monoisotopic (exact) mass is 507 g/mol. The Morgan fingerprint density at radius 1 is 1.32 bits per heavy atom. The van der Waals surface area contributed by atoms with Crippen LogP contribution in [0.5, 0.6) is 0 Å². The third-order valence-corrected chi connectivity index (χ3v) is 5.20. The number of benzene rings is 1. The van der Waals surface area contributed by atoms with Crippen molar-refractivity contribution in [1.82, 2.24) is 0 Å². The minimum atomic E-state index is -5.25. The molecular formula is C9H4Br2Cl2F3NO4S. The molecule has 0 bridgehead atoms. The summed E-state index contributed by atoms with van der Waals surface area (Å²) < 4.78 is 69.3. The van der Waals surface area contributed by atoms with E-state index in [0.29, 0.717) is 6.07 Å². The highest BCUT2D eigenvalue weighted by Gasteiger charge is 2.40. The summed E-state index contributed by atoms with van der Waals surface area (Å²) in [6, 6.07) is 0.390. The highest BCUT2D eigenvalue weighted by atomic mass is 79.9. The summed E-state index contributed by atoms with van der Waals surface area (Å²) in [6.45, 7) is 0. The lowest BCUT2D eigenvalue weighted by atomic mass is 10.2. The van der Waals surface area contributed by atoms with E-state index in [1.54, 1.807) is 0 Å². The van der Waals surface area contributed by atoms with Gasteiger partial charge in [0.05, 0.1) is 15.7 Å². The average molecular weight is 510 g/mol. The Hall–Kier alpha value is -0.0700. The standard InChI is InChI=1S/C9H4Br2Cl2F3NO4S/c10-3-1-2(9(14,15)16)6(22(19,20)21)4(11)5(3)17-8(18)7(12)13/h1,7H,(H,17,18)(H,19,20,21). The van der Waals surface area contributed by atoms with Crippen LogP contribution in [0.3, 0.4) is 0 Å². The number of hydrogen-bond acceptors (Lipinski definition) is 3. The molecule has 0 atom stereocenters. The summed E-state index contributed by atoms with van der Waals surface area (Å²) in [7, 11) is -5.25. The van der Waals surface area contributed by atoms with Gasteiger partial charge in [0.1, 0.15) is 4.90 Å². The number of hydrogen-bond donors (Lipinski definition) is 2. The number of nitrogens with one attached hydrogen (secondary N) is 1. The number of carbonyl (C=O) groups is 1. The van der Waals surface area contributed by atoms with Crippen LogP contribution in [0.2, 0.25) is 0 Å². The van der Waals surface area contributed by atoms with Gasteiger partial charge in [-0.1, -0.05) is 23.2 Å². The largest absolute Gasteiger partial charge is 0.417 e. The van der Waals surface area contributed by atoms with Gasteiger partial charge in [0.15, 0.2) is 4.84 Å². The SMILES string of the molecule is O=C(Nc1c(Br)cc(C(F)(F)F)c(S(=O)(=O)O)c1Br)C(Cl)Cl. The molecule has 1 rings (SSSR count). The van der Waals surface area contributed by atoms with E-state index in [1.165, 1.54) is 0 Å². The molecule has 0 spiro atoms. The van der Waals surface area contributed by atoms with E-state index in [9.17, 15) is 26.4 Å². The summed E-state index contributed by atoms with van der Waals surface area (Å²) in [6.07, 6.45) is -5.07. The van der Waals surface area contributed by atoms with Gasteiger partial charge in [0.2, 0.25) is 0 Å². The lowest BCUT2D eigenvalue weighted by Gasteiger charge is -2.17. The second-order valence-corrected chi connectivity index (χ2v) is 7.79.